The molecule has 0 bridgehead atoms. The SMILES string of the molecule is Cc1ccc(NCc2c(C)n[nH]c2C)cc1. The Hall–Kier alpha value is -1.77. The molecule has 0 saturated heterocycles. The van der Waals surface area contributed by atoms with Gasteiger partial charge < -0.3 is 5.32 Å². The second-order valence-electron chi connectivity index (χ2n) is 4.13. The number of rotatable bonds is 3. The first-order valence-corrected chi connectivity index (χ1v) is 5.48. The van der Waals surface area contributed by atoms with E-state index in [1.165, 1.54) is 11.1 Å². The van der Waals surface area contributed by atoms with Gasteiger partial charge >= 0.3 is 0 Å². The third kappa shape index (κ3) is 2.24. The largest absolute Gasteiger partial charge is 0.381 e. The zero-order valence-corrected chi connectivity index (χ0v) is 9.96. The lowest BCUT2D eigenvalue weighted by atomic mass is 10.2. The van der Waals surface area contributed by atoms with Crippen LogP contribution in [0, 0.1) is 20.8 Å². The molecule has 0 radical (unpaired) electrons. The smallest absolute Gasteiger partial charge is 0.0643 e. The van der Waals surface area contributed by atoms with Gasteiger partial charge in [0, 0.05) is 23.5 Å². The van der Waals surface area contributed by atoms with Crippen LogP contribution in [0.4, 0.5) is 5.69 Å². The summed E-state index contributed by atoms with van der Waals surface area (Å²) in [6.45, 7) is 6.98. The molecule has 1 aromatic carbocycles. The van der Waals surface area contributed by atoms with Crippen LogP contribution in [0.5, 0.6) is 0 Å². The summed E-state index contributed by atoms with van der Waals surface area (Å²) < 4.78 is 0. The summed E-state index contributed by atoms with van der Waals surface area (Å²) in [6, 6.07) is 8.41. The van der Waals surface area contributed by atoms with Crippen LogP contribution in [0.15, 0.2) is 24.3 Å². The molecular formula is C13H17N3. The molecule has 0 aliphatic heterocycles. The normalized spacial score (nSPS) is 10.4. The molecule has 16 heavy (non-hydrogen) atoms. The van der Waals surface area contributed by atoms with Gasteiger partial charge in [0.2, 0.25) is 0 Å². The van der Waals surface area contributed by atoms with Crippen LogP contribution in [-0.2, 0) is 6.54 Å². The van der Waals surface area contributed by atoms with Gasteiger partial charge in [-0.25, -0.2) is 0 Å². The quantitative estimate of drug-likeness (QED) is 0.826. The average molecular weight is 215 g/mol. The van der Waals surface area contributed by atoms with Crippen molar-refractivity contribution >= 4 is 5.69 Å². The van der Waals surface area contributed by atoms with E-state index < -0.39 is 0 Å². The van der Waals surface area contributed by atoms with Crippen LogP contribution in [0.3, 0.4) is 0 Å². The average Bonchev–Trinajstić information content (AvgIpc) is 2.59. The Morgan fingerprint density at radius 3 is 2.38 bits per heavy atom. The molecule has 0 aliphatic carbocycles. The number of anilines is 1. The summed E-state index contributed by atoms with van der Waals surface area (Å²) in [5.74, 6) is 0. The Kier molecular flexibility index (Phi) is 2.95. The first-order valence-electron chi connectivity index (χ1n) is 5.48. The van der Waals surface area contributed by atoms with Crippen molar-refractivity contribution < 1.29 is 0 Å². The summed E-state index contributed by atoms with van der Waals surface area (Å²) in [5, 5.41) is 10.6. The van der Waals surface area contributed by atoms with Crippen LogP contribution in [0.1, 0.15) is 22.5 Å². The number of H-pyrrole nitrogens is 1. The van der Waals surface area contributed by atoms with Gasteiger partial charge in [0.15, 0.2) is 0 Å². The van der Waals surface area contributed by atoms with E-state index in [9.17, 15) is 0 Å². The number of aryl methyl sites for hydroxylation is 3. The van der Waals surface area contributed by atoms with Crippen LogP contribution in [-0.4, -0.2) is 10.2 Å². The van der Waals surface area contributed by atoms with Crippen molar-refractivity contribution in [2.24, 2.45) is 0 Å². The molecule has 3 heteroatoms. The van der Waals surface area contributed by atoms with Crippen LogP contribution in [0.25, 0.3) is 0 Å². The molecule has 0 aliphatic rings. The molecule has 1 heterocycles. The van der Waals surface area contributed by atoms with E-state index >= 15 is 0 Å². The van der Waals surface area contributed by atoms with Crippen LogP contribution >= 0.6 is 0 Å². The van der Waals surface area contributed by atoms with E-state index in [1.807, 2.05) is 13.8 Å². The standard InChI is InChI=1S/C13H17N3/c1-9-4-6-12(7-5-9)14-8-13-10(2)15-16-11(13)3/h4-7,14H,8H2,1-3H3,(H,15,16). The van der Waals surface area contributed by atoms with Crippen molar-refractivity contribution in [1.29, 1.82) is 0 Å². The highest BCUT2D eigenvalue weighted by Gasteiger charge is 2.05. The topological polar surface area (TPSA) is 40.7 Å². The second-order valence-corrected chi connectivity index (χ2v) is 4.13. The zero-order valence-electron chi connectivity index (χ0n) is 9.96. The lowest BCUT2D eigenvalue weighted by Gasteiger charge is -2.06. The minimum Gasteiger partial charge on any atom is -0.381 e. The predicted octanol–water partition coefficient (Wildman–Crippen LogP) is 2.95. The van der Waals surface area contributed by atoms with Crippen molar-refractivity contribution in [2.75, 3.05) is 5.32 Å². The molecule has 0 unspecified atom stereocenters. The van der Waals surface area contributed by atoms with Gasteiger partial charge in [-0.2, -0.15) is 5.10 Å². The van der Waals surface area contributed by atoms with Crippen molar-refractivity contribution in [3.05, 3.63) is 46.8 Å². The maximum Gasteiger partial charge on any atom is 0.0643 e. The van der Waals surface area contributed by atoms with Crippen molar-refractivity contribution in [3.63, 3.8) is 0 Å². The molecule has 3 nitrogen and oxygen atoms in total. The molecular weight excluding hydrogens is 198 g/mol. The van der Waals surface area contributed by atoms with E-state index in [-0.39, 0.29) is 0 Å². The van der Waals surface area contributed by atoms with Gasteiger partial charge in [0.1, 0.15) is 0 Å². The Morgan fingerprint density at radius 2 is 1.81 bits per heavy atom. The number of hydrogen-bond donors (Lipinski definition) is 2. The van der Waals surface area contributed by atoms with Crippen molar-refractivity contribution in [3.8, 4) is 0 Å². The predicted molar refractivity (Wildman–Crippen MR) is 66.6 cm³/mol. The molecule has 0 spiro atoms. The van der Waals surface area contributed by atoms with Gasteiger partial charge in [-0.05, 0) is 32.9 Å². The van der Waals surface area contributed by atoms with E-state index in [2.05, 4.69) is 46.7 Å². The van der Waals surface area contributed by atoms with E-state index in [0.717, 1.165) is 23.6 Å². The van der Waals surface area contributed by atoms with Gasteiger partial charge in [0.25, 0.3) is 0 Å². The fourth-order valence-corrected chi connectivity index (χ4v) is 1.70. The Morgan fingerprint density at radius 1 is 1.12 bits per heavy atom. The minimum atomic E-state index is 0.817. The highest BCUT2D eigenvalue weighted by Crippen LogP contribution is 2.13. The Labute approximate surface area is 95.9 Å². The fraction of sp³-hybridized carbons (Fsp3) is 0.308. The summed E-state index contributed by atoms with van der Waals surface area (Å²) in [7, 11) is 0. The van der Waals surface area contributed by atoms with E-state index in [1.54, 1.807) is 0 Å². The van der Waals surface area contributed by atoms with Crippen LogP contribution < -0.4 is 5.32 Å². The fourth-order valence-electron chi connectivity index (χ4n) is 1.70. The molecule has 0 fully saturated rings. The molecule has 0 atom stereocenters. The molecule has 2 aromatic rings. The van der Waals surface area contributed by atoms with Gasteiger partial charge in [-0.3, -0.25) is 5.10 Å². The number of hydrogen-bond acceptors (Lipinski definition) is 2. The second kappa shape index (κ2) is 4.39. The van der Waals surface area contributed by atoms with Gasteiger partial charge in [-0.15, -0.1) is 0 Å². The number of aromatic amines is 1. The monoisotopic (exact) mass is 215 g/mol. The summed E-state index contributed by atoms with van der Waals surface area (Å²) in [6.07, 6.45) is 0. The van der Waals surface area contributed by atoms with E-state index in [0.29, 0.717) is 0 Å². The highest BCUT2D eigenvalue weighted by atomic mass is 15.1. The summed E-state index contributed by atoms with van der Waals surface area (Å²) in [5.41, 5.74) is 5.88. The summed E-state index contributed by atoms with van der Waals surface area (Å²) in [4.78, 5) is 0. The minimum absolute atomic E-state index is 0.817. The third-order valence-electron chi connectivity index (χ3n) is 2.80. The van der Waals surface area contributed by atoms with Crippen molar-refractivity contribution in [2.45, 2.75) is 27.3 Å². The Bertz CT molecular complexity index is 449. The Balaban J connectivity index is 2.05. The van der Waals surface area contributed by atoms with Gasteiger partial charge in [-0.1, -0.05) is 17.7 Å². The molecule has 84 valence electrons. The highest BCUT2D eigenvalue weighted by molar-refractivity contribution is 5.45. The maximum atomic E-state index is 4.18. The first kappa shape index (κ1) is 10.7. The molecule has 2 rings (SSSR count). The van der Waals surface area contributed by atoms with Crippen molar-refractivity contribution in [1.82, 2.24) is 10.2 Å². The molecule has 0 amide bonds. The number of nitrogens with one attached hydrogen (secondary N) is 2. The first-order chi connectivity index (χ1) is 7.66. The lowest BCUT2D eigenvalue weighted by Crippen LogP contribution is -2.01. The van der Waals surface area contributed by atoms with Gasteiger partial charge in [0.05, 0.1) is 5.69 Å². The molecule has 2 N–H and O–H groups in total. The molecule has 1 aromatic heterocycles. The maximum absolute atomic E-state index is 4.18. The number of aromatic nitrogens is 2. The van der Waals surface area contributed by atoms with E-state index in [4.69, 9.17) is 0 Å². The number of nitrogens with zero attached hydrogens (tertiary/aromatic N) is 1. The lowest BCUT2D eigenvalue weighted by molar-refractivity contribution is 1.02. The van der Waals surface area contributed by atoms with Crippen LogP contribution in [0.2, 0.25) is 0 Å². The summed E-state index contributed by atoms with van der Waals surface area (Å²) >= 11 is 0. The number of benzene rings is 1. The zero-order chi connectivity index (χ0) is 11.5. The third-order valence-corrected chi connectivity index (χ3v) is 2.80. The molecule has 0 saturated carbocycles.